The number of benzene rings is 2. The van der Waals surface area contributed by atoms with Crippen LogP contribution in [0.1, 0.15) is 51.9 Å². The molecule has 132 valence electrons. The van der Waals surface area contributed by atoms with Crippen molar-refractivity contribution in [1.82, 2.24) is 0 Å². The van der Waals surface area contributed by atoms with Crippen molar-refractivity contribution >= 4 is 17.6 Å². The molecule has 0 nitrogen and oxygen atoms in total. The Balaban J connectivity index is 1.89. The molecule has 0 heterocycles. The normalized spacial score (nSPS) is 19.6. The van der Waals surface area contributed by atoms with Gasteiger partial charge in [0.15, 0.2) is 0 Å². The van der Waals surface area contributed by atoms with Crippen molar-refractivity contribution in [3.8, 4) is 0 Å². The van der Waals surface area contributed by atoms with Gasteiger partial charge in [0, 0.05) is 0 Å². The quantitative estimate of drug-likeness (QED) is 0.389. The van der Waals surface area contributed by atoms with E-state index >= 15 is 0 Å². The van der Waals surface area contributed by atoms with Crippen LogP contribution in [0, 0.1) is 27.7 Å². The van der Waals surface area contributed by atoms with Gasteiger partial charge in [0.05, 0.1) is 0 Å². The Bertz CT molecular complexity index is 928. The van der Waals surface area contributed by atoms with Crippen LogP contribution in [0.4, 0.5) is 0 Å². The summed E-state index contributed by atoms with van der Waals surface area (Å²) in [6.07, 6.45) is 10.1. The molecule has 4 rings (SSSR count). The molecule has 0 amide bonds. The molecule has 2 atom stereocenters. The van der Waals surface area contributed by atoms with Gasteiger partial charge in [-0.2, -0.15) is 0 Å². The van der Waals surface area contributed by atoms with E-state index in [2.05, 4.69) is 89.4 Å². The SMILES string of the molecule is Cc1ccc(C)c2c1C=C[CH]2[Hf]([CH]1C=Cc2c(C)ccc(C)c21)=[Si](C)C. The second-order valence-corrected chi connectivity index (χ2v) is 33.4. The number of allylic oxidation sites excluding steroid dienone is 2. The maximum absolute atomic E-state index is 2.60. The molecule has 2 aliphatic rings. The van der Waals surface area contributed by atoms with Crippen molar-refractivity contribution in [3.63, 3.8) is 0 Å². The summed E-state index contributed by atoms with van der Waals surface area (Å²) < 4.78 is 1.53. The van der Waals surface area contributed by atoms with Crippen molar-refractivity contribution in [2.45, 2.75) is 48.1 Å². The summed E-state index contributed by atoms with van der Waals surface area (Å²) in [4.78, 5) is 0. The number of rotatable bonds is 2. The summed E-state index contributed by atoms with van der Waals surface area (Å²) in [5, 5.41) is 0. The summed E-state index contributed by atoms with van der Waals surface area (Å²) in [6.45, 7) is 14.4. The summed E-state index contributed by atoms with van der Waals surface area (Å²) in [6, 6.07) is 9.30. The number of hydrogen-bond donors (Lipinski definition) is 0. The molecule has 2 aromatic rings. The van der Waals surface area contributed by atoms with E-state index in [0.29, 0.717) is 0 Å². The number of fused-ring (bicyclic) bond motifs is 2. The predicted octanol–water partition coefficient (Wildman–Crippen LogP) is 6.63. The van der Waals surface area contributed by atoms with Crippen LogP contribution in [0.25, 0.3) is 12.2 Å². The Hall–Kier alpha value is -0.993. The van der Waals surface area contributed by atoms with Crippen molar-refractivity contribution < 1.29 is 20.1 Å². The predicted molar refractivity (Wildman–Crippen MR) is 113 cm³/mol. The maximum atomic E-state index is 2.60. The molecule has 0 saturated carbocycles. The third-order valence-electron chi connectivity index (χ3n) is 6.23. The van der Waals surface area contributed by atoms with Gasteiger partial charge in [-0.15, -0.1) is 0 Å². The van der Waals surface area contributed by atoms with Crippen molar-refractivity contribution in [3.05, 3.63) is 80.9 Å². The van der Waals surface area contributed by atoms with Gasteiger partial charge in [0.1, 0.15) is 0 Å². The van der Waals surface area contributed by atoms with Crippen LogP contribution in [0.2, 0.25) is 13.1 Å². The van der Waals surface area contributed by atoms with Gasteiger partial charge in [-0.25, -0.2) is 0 Å². The molecule has 2 aromatic carbocycles. The fourth-order valence-corrected chi connectivity index (χ4v) is 32.0. The molecule has 2 aliphatic carbocycles. The molecule has 0 radical (unpaired) electrons. The molecule has 0 fully saturated rings. The molecule has 2 unspecified atom stereocenters. The third-order valence-corrected chi connectivity index (χ3v) is 33.2. The van der Waals surface area contributed by atoms with Gasteiger partial charge in [-0.05, 0) is 0 Å². The van der Waals surface area contributed by atoms with Gasteiger partial charge in [-0.1, -0.05) is 0 Å². The van der Waals surface area contributed by atoms with Crippen LogP contribution in [-0.2, 0) is 20.1 Å². The van der Waals surface area contributed by atoms with E-state index in [0.717, 1.165) is 7.35 Å². The topological polar surface area (TPSA) is 0 Å². The fourth-order valence-electron chi connectivity index (χ4n) is 4.89. The molecule has 0 saturated heterocycles. The monoisotopic (exact) mass is 524 g/mol. The molecule has 26 heavy (non-hydrogen) atoms. The standard InChI is InChI=1S/2C11H11.C2H6Si.Hf/c2*1-8-6-7-9(2)11-5-3-4-10(8)11;1-3-2;/h2*3-7H,1-2H3;1-2H3;. The Labute approximate surface area is 166 Å². The Morgan fingerprint density at radius 3 is 1.42 bits per heavy atom. The van der Waals surface area contributed by atoms with Crippen molar-refractivity contribution in [2.24, 2.45) is 0 Å². The van der Waals surface area contributed by atoms with Crippen molar-refractivity contribution in [2.75, 3.05) is 0 Å². The first-order chi connectivity index (χ1) is 12.4. The van der Waals surface area contributed by atoms with E-state index in [9.17, 15) is 0 Å². The van der Waals surface area contributed by atoms with E-state index in [1.807, 2.05) is 0 Å². The molecular weight excluding hydrogens is 495 g/mol. The summed E-state index contributed by atoms with van der Waals surface area (Å²) >= 11 is -1.99. The molecule has 0 aromatic heterocycles. The third kappa shape index (κ3) is 2.81. The van der Waals surface area contributed by atoms with Gasteiger partial charge in [0.2, 0.25) is 0 Å². The second kappa shape index (κ2) is 6.87. The zero-order chi connectivity index (χ0) is 18.6. The Morgan fingerprint density at radius 2 is 1.04 bits per heavy atom. The average molecular weight is 523 g/mol. The van der Waals surface area contributed by atoms with Crippen LogP contribution in [0.3, 0.4) is 0 Å². The minimum atomic E-state index is -1.99. The molecule has 0 bridgehead atoms. The zero-order valence-electron chi connectivity index (χ0n) is 16.8. The molecular formula is C24H28HfSi. The van der Waals surface area contributed by atoms with Crippen LogP contribution >= 0.6 is 0 Å². The van der Waals surface area contributed by atoms with Crippen LogP contribution in [0.15, 0.2) is 36.4 Å². The Kier molecular flexibility index (Phi) is 4.86. The first-order valence-corrected chi connectivity index (χ1v) is 21.7. The molecule has 0 spiro atoms. The van der Waals surface area contributed by atoms with Crippen molar-refractivity contribution in [1.29, 1.82) is 0 Å². The van der Waals surface area contributed by atoms with Gasteiger partial charge in [-0.3, -0.25) is 0 Å². The first kappa shape index (κ1) is 18.4. The van der Waals surface area contributed by atoms with E-state index in [-0.39, 0.29) is 5.49 Å². The van der Waals surface area contributed by atoms with Gasteiger partial charge in [0.25, 0.3) is 0 Å². The average Bonchev–Trinajstić information content (AvgIpc) is 3.22. The summed E-state index contributed by atoms with van der Waals surface area (Å²) in [5.74, 6) is 0. The summed E-state index contributed by atoms with van der Waals surface area (Å²) in [7, 11) is 0. The van der Waals surface area contributed by atoms with Gasteiger partial charge < -0.3 is 0 Å². The van der Waals surface area contributed by atoms with E-state index in [4.69, 9.17) is 0 Å². The van der Waals surface area contributed by atoms with Crippen LogP contribution < -0.4 is 0 Å². The zero-order valence-corrected chi connectivity index (χ0v) is 21.4. The summed E-state index contributed by atoms with van der Waals surface area (Å²) in [5.41, 5.74) is 12.1. The number of aryl methyl sites for hydroxylation is 4. The second-order valence-electron chi connectivity index (χ2n) is 8.18. The fraction of sp³-hybridized carbons (Fsp3) is 0.333. The Morgan fingerprint density at radius 1 is 0.654 bits per heavy atom. The minimum absolute atomic E-state index is 0.270. The van der Waals surface area contributed by atoms with Gasteiger partial charge >= 0.3 is 167 Å². The first-order valence-electron chi connectivity index (χ1n) is 9.64. The van der Waals surface area contributed by atoms with E-state index < -0.39 is 20.1 Å². The molecule has 0 N–H and O–H groups in total. The molecule has 2 heteroatoms. The van der Waals surface area contributed by atoms with Crippen LogP contribution in [0.5, 0.6) is 0 Å². The van der Waals surface area contributed by atoms with Crippen LogP contribution in [-0.4, -0.2) is 5.49 Å². The molecule has 0 aliphatic heterocycles. The van der Waals surface area contributed by atoms with E-state index in [1.165, 1.54) is 33.4 Å². The van der Waals surface area contributed by atoms with E-state index in [1.54, 1.807) is 11.1 Å². The number of hydrogen-bond acceptors (Lipinski definition) is 0.